The van der Waals surface area contributed by atoms with E-state index in [1.165, 1.54) is 11.3 Å². The number of anilines is 1. The highest BCUT2D eigenvalue weighted by Gasteiger charge is 2.04. The molecule has 0 aliphatic rings. The molecule has 0 aliphatic heterocycles. The highest BCUT2D eigenvalue weighted by molar-refractivity contribution is 7.13. The van der Waals surface area contributed by atoms with Crippen LogP contribution in [0.1, 0.15) is 5.76 Å². The minimum Gasteiger partial charge on any atom is -0.469 e. The Bertz CT molecular complexity index is 353. The fourth-order valence-corrected chi connectivity index (χ4v) is 1.57. The minimum atomic E-state index is 0.587. The van der Waals surface area contributed by atoms with E-state index in [9.17, 15) is 0 Å². The zero-order valence-electron chi connectivity index (χ0n) is 6.57. The first kappa shape index (κ1) is 7.36. The molecule has 0 aliphatic carbocycles. The summed E-state index contributed by atoms with van der Waals surface area (Å²) in [4.78, 5) is 4.13. The summed E-state index contributed by atoms with van der Waals surface area (Å²) in [5, 5.41) is 2.50. The molecule has 0 atom stereocenters. The lowest BCUT2D eigenvalue weighted by Gasteiger charge is -1.84. The van der Waals surface area contributed by atoms with Crippen LogP contribution in [0.15, 0.2) is 22.1 Å². The van der Waals surface area contributed by atoms with Gasteiger partial charge in [-0.15, -0.1) is 11.3 Å². The summed E-state index contributed by atoms with van der Waals surface area (Å²) in [7, 11) is 0. The van der Waals surface area contributed by atoms with Crippen molar-refractivity contribution < 1.29 is 4.42 Å². The van der Waals surface area contributed by atoms with E-state index < -0.39 is 0 Å². The fourth-order valence-electron chi connectivity index (χ4n) is 0.998. The molecular formula is C8H8N2OS. The number of furan rings is 1. The van der Waals surface area contributed by atoms with E-state index in [0.717, 1.165) is 17.0 Å². The van der Waals surface area contributed by atoms with Gasteiger partial charge >= 0.3 is 0 Å². The van der Waals surface area contributed by atoms with E-state index in [0.29, 0.717) is 5.13 Å². The van der Waals surface area contributed by atoms with E-state index in [-0.39, 0.29) is 0 Å². The zero-order chi connectivity index (χ0) is 8.55. The van der Waals surface area contributed by atoms with Crippen LogP contribution in [0.3, 0.4) is 0 Å². The molecule has 0 fully saturated rings. The molecule has 0 unspecified atom stereocenters. The Hall–Kier alpha value is -1.29. The molecular weight excluding hydrogens is 172 g/mol. The number of aromatic nitrogens is 1. The van der Waals surface area contributed by atoms with Crippen molar-refractivity contribution >= 4 is 16.5 Å². The van der Waals surface area contributed by atoms with Crippen molar-refractivity contribution in [3.05, 3.63) is 23.5 Å². The second-order valence-corrected chi connectivity index (χ2v) is 3.41. The van der Waals surface area contributed by atoms with Gasteiger partial charge in [0.1, 0.15) is 12.0 Å². The van der Waals surface area contributed by atoms with Crippen LogP contribution < -0.4 is 5.73 Å². The SMILES string of the molecule is Cc1cc(-c2csc(N)n2)co1. The molecule has 2 aromatic heterocycles. The van der Waals surface area contributed by atoms with Crippen molar-refractivity contribution in [1.29, 1.82) is 0 Å². The topological polar surface area (TPSA) is 52.0 Å². The highest BCUT2D eigenvalue weighted by Crippen LogP contribution is 2.24. The molecule has 3 nitrogen and oxygen atoms in total. The van der Waals surface area contributed by atoms with Crippen LogP contribution in [0.4, 0.5) is 5.13 Å². The molecule has 0 saturated carbocycles. The summed E-state index contributed by atoms with van der Waals surface area (Å²) in [5.41, 5.74) is 7.37. The Morgan fingerprint density at radius 1 is 1.58 bits per heavy atom. The largest absolute Gasteiger partial charge is 0.469 e. The standard InChI is InChI=1S/C8H8N2OS/c1-5-2-6(3-11-5)7-4-12-8(9)10-7/h2-4H,1H3,(H2,9,10). The highest BCUT2D eigenvalue weighted by atomic mass is 32.1. The van der Waals surface area contributed by atoms with Crippen molar-refractivity contribution in [3.63, 3.8) is 0 Å². The molecule has 0 radical (unpaired) electrons. The van der Waals surface area contributed by atoms with Crippen LogP contribution in [-0.2, 0) is 0 Å². The maximum absolute atomic E-state index is 5.50. The number of nitrogen functional groups attached to an aromatic ring is 1. The number of nitrogens with zero attached hydrogens (tertiary/aromatic N) is 1. The molecule has 0 saturated heterocycles. The number of hydrogen-bond acceptors (Lipinski definition) is 4. The van der Waals surface area contributed by atoms with Crippen molar-refractivity contribution in [2.24, 2.45) is 0 Å². The summed E-state index contributed by atoms with van der Waals surface area (Å²) in [6, 6.07) is 1.94. The predicted molar refractivity (Wildman–Crippen MR) is 49.0 cm³/mol. The van der Waals surface area contributed by atoms with Crippen molar-refractivity contribution in [3.8, 4) is 11.3 Å². The van der Waals surface area contributed by atoms with E-state index >= 15 is 0 Å². The molecule has 62 valence electrons. The van der Waals surface area contributed by atoms with Gasteiger partial charge in [0.2, 0.25) is 0 Å². The van der Waals surface area contributed by atoms with Crippen LogP contribution in [-0.4, -0.2) is 4.98 Å². The monoisotopic (exact) mass is 180 g/mol. The van der Waals surface area contributed by atoms with Crippen molar-refractivity contribution in [1.82, 2.24) is 4.98 Å². The molecule has 0 bridgehead atoms. The molecule has 2 rings (SSSR count). The third kappa shape index (κ3) is 1.21. The van der Waals surface area contributed by atoms with E-state index in [1.807, 2.05) is 18.4 Å². The van der Waals surface area contributed by atoms with Gasteiger partial charge in [0.15, 0.2) is 5.13 Å². The second-order valence-electron chi connectivity index (χ2n) is 2.52. The molecule has 2 heterocycles. The first-order valence-corrected chi connectivity index (χ1v) is 4.40. The second kappa shape index (κ2) is 2.64. The molecule has 0 spiro atoms. The Labute approximate surface area is 73.8 Å². The summed E-state index contributed by atoms with van der Waals surface area (Å²) in [6.45, 7) is 1.90. The molecule has 0 aromatic carbocycles. The third-order valence-corrected chi connectivity index (χ3v) is 2.22. The number of thiazole rings is 1. The van der Waals surface area contributed by atoms with E-state index in [2.05, 4.69) is 4.98 Å². The summed E-state index contributed by atoms with van der Waals surface area (Å²) in [6.07, 6.45) is 1.68. The van der Waals surface area contributed by atoms with Gasteiger partial charge in [0.05, 0.1) is 5.69 Å². The Kier molecular flexibility index (Phi) is 1.62. The summed E-state index contributed by atoms with van der Waals surface area (Å²) >= 11 is 1.43. The van der Waals surface area contributed by atoms with Crippen LogP contribution in [0.5, 0.6) is 0 Å². The van der Waals surface area contributed by atoms with Crippen molar-refractivity contribution in [2.45, 2.75) is 6.92 Å². The third-order valence-electron chi connectivity index (χ3n) is 1.55. The average molecular weight is 180 g/mol. The van der Waals surface area contributed by atoms with Gasteiger partial charge in [-0.05, 0) is 13.0 Å². The Balaban J connectivity index is 2.43. The lowest BCUT2D eigenvalue weighted by molar-refractivity contribution is 0.535. The van der Waals surface area contributed by atoms with Gasteiger partial charge in [-0.25, -0.2) is 4.98 Å². The molecule has 12 heavy (non-hydrogen) atoms. The summed E-state index contributed by atoms with van der Waals surface area (Å²) in [5.74, 6) is 0.886. The maximum atomic E-state index is 5.50. The quantitative estimate of drug-likeness (QED) is 0.732. The van der Waals surface area contributed by atoms with E-state index in [1.54, 1.807) is 6.26 Å². The molecule has 4 heteroatoms. The maximum Gasteiger partial charge on any atom is 0.180 e. The van der Waals surface area contributed by atoms with Crippen LogP contribution >= 0.6 is 11.3 Å². The predicted octanol–water partition coefficient (Wildman–Crippen LogP) is 2.29. The van der Waals surface area contributed by atoms with Crippen molar-refractivity contribution in [2.75, 3.05) is 5.73 Å². The number of rotatable bonds is 1. The van der Waals surface area contributed by atoms with Crippen LogP contribution in [0, 0.1) is 6.92 Å². The Morgan fingerprint density at radius 2 is 2.42 bits per heavy atom. The molecule has 0 amide bonds. The number of nitrogens with two attached hydrogens (primary N) is 1. The molecule has 2 aromatic rings. The van der Waals surface area contributed by atoms with Crippen LogP contribution in [0.2, 0.25) is 0 Å². The lowest BCUT2D eigenvalue weighted by Crippen LogP contribution is -1.81. The Morgan fingerprint density at radius 3 is 2.92 bits per heavy atom. The van der Waals surface area contributed by atoms with Gasteiger partial charge in [0, 0.05) is 10.9 Å². The fraction of sp³-hybridized carbons (Fsp3) is 0.125. The average Bonchev–Trinajstić information content (AvgIpc) is 2.58. The number of aryl methyl sites for hydroxylation is 1. The molecule has 2 N–H and O–H groups in total. The van der Waals surface area contributed by atoms with Gasteiger partial charge < -0.3 is 10.2 Å². The first-order chi connectivity index (χ1) is 5.75. The smallest absolute Gasteiger partial charge is 0.180 e. The lowest BCUT2D eigenvalue weighted by atomic mass is 10.2. The van der Waals surface area contributed by atoms with Gasteiger partial charge in [-0.2, -0.15) is 0 Å². The van der Waals surface area contributed by atoms with E-state index in [4.69, 9.17) is 10.2 Å². The first-order valence-electron chi connectivity index (χ1n) is 3.52. The van der Waals surface area contributed by atoms with Gasteiger partial charge in [-0.3, -0.25) is 0 Å². The number of hydrogen-bond donors (Lipinski definition) is 1. The van der Waals surface area contributed by atoms with Crippen LogP contribution in [0.25, 0.3) is 11.3 Å². The van der Waals surface area contributed by atoms with Gasteiger partial charge in [0.25, 0.3) is 0 Å². The summed E-state index contributed by atoms with van der Waals surface area (Å²) < 4.78 is 5.15. The normalized spacial score (nSPS) is 10.4. The zero-order valence-corrected chi connectivity index (χ0v) is 7.39. The minimum absolute atomic E-state index is 0.587. The van der Waals surface area contributed by atoms with Gasteiger partial charge in [-0.1, -0.05) is 0 Å².